The Morgan fingerprint density at radius 3 is 2.56 bits per heavy atom. The van der Waals surface area contributed by atoms with Gasteiger partial charge in [-0.15, -0.1) is 0 Å². The first-order valence-corrected chi connectivity index (χ1v) is 8.29. The molecule has 0 spiro atoms. The van der Waals surface area contributed by atoms with Gasteiger partial charge >= 0.3 is 0 Å². The van der Waals surface area contributed by atoms with Crippen molar-refractivity contribution in [2.24, 2.45) is 0 Å². The van der Waals surface area contributed by atoms with Crippen molar-refractivity contribution in [3.8, 4) is 0 Å². The first-order chi connectivity index (χ1) is 12.2. The predicted octanol–water partition coefficient (Wildman–Crippen LogP) is 2.66. The number of nitrogens with zero attached hydrogens (tertiary/aromatic N) is 4. The van der Waals surface area contributed by atoms with E-state index >= 15 is 0 Å². The van der Waals surface area contributed by atoms with Crippen molar-refractivity contribution in [1.29, 1.82) is 0 Å². The van der Waals surface area contributed by atoms with Crippen LogP contribution < -0.4 is 10.4 Å². The Labute approximate surface area is 146 Å². The van der Waals surface area contributed by atoms with Crippen molar-refractivity contribution >= 4 is 11.6 Å². The third kappa shape index (κ3) is 4.29. The monoisotopic (exact) mass is 334 g/mol. The average molecular weight is 334 g/mol. The van der Waals surface area contributed by atoms with E-state index in [0.717, 1.165) is 23.2 Å². The van der Waals surface area contributed by atoms with Crippen LogP contribution in [0.3, 0.4) is 0 Å². The van der Waals surface area contributed by atoms with Gasteiger partial charge in [-0.1, -0.05) is 43.3 Å². The van der Waals surface area contributed by atoms with Crippen molar-refractivity contribution in [3.05, 3.63) is 71.0 Å². The fourth-order valence-corrected chi connectivity index (χ4v) is 2.69. The number of tetrazole rings is 1. The quantitative estimate of drug-likeness (QED) is 0.749. The minimum atomic E-state index is -0.539. The number of aromatic nitrogens is 4. The third-order valence-corrected chi connectivity index (χ3v) is 4.12. The highest BCUT2D eigenvalue weighted by Crippen LogP contribution is 2.20. The van der Waals surface area contributed by atoms with Gasteiger partial charge in [0.1, 0.15) is 0 Å². The molecule has 0 radical (unpaired) electrons. The van der Waals surface area contributed by atoms with Crippen molar-refractivity contribution < 1.29 is 4.79 Å². The van der Waals surface area contributed by atoms with E-state index in [9.17, 15) is 4.79 Å². The Morgan fingerprint density at radius 1 is 1.16 bits per heavy atom. The largest absolute Gasteiger partial charge is 0.335 e. The second-order valence-electron chi connectivity index (χ2n) is 6.02. The summed E-state index contributed by atoms with van der Waals surface area (Å²) in [4.78, 5) is 12.8. The van der Waals surface area contributed by atoms with Crippen molar-refractivity contribution in [2.75, 3.05) is 5.32 Å². The minimum absolute atomic E-state index is 0.167. The molecule has 0 saturated carbocycles. The zero-order valence-electron chi connectivity index (χ0n) is 14.3. The molecule has 0 aliphatic heterocycles. The molecule has 0 bridgehead atoms. The molecule has 6 heteroatoms. The normalized spacial score (nSPS) is 11.9. The summed E-state index contributed by atoms with van der Waals surface area (Å²) in [6, 6.07) is 15.9. The summed E-state index contributed by atoms with van der Waals surface area (Å²) in [5, 5.41) is 17.8. The Kier molecular flexibility index (Phi) is 5.18. The number of nitrogens with one attached hydrogen (secondary N) is 1. The molecule has 6 nitrogen and oxygen atoms in total. The summed E-state index contributed by atoms with van der Waals surface area (Å²) in [6.07, 6.45) is 1.48. The van der Waals surface area contributed by atoms with Crippen LogP contribution >= 0.6 is 0 Å². The standard InChI is InChI=1S/C19H21N5O/c1-3-14-7-9-15(10-8-14)12-17(18-21-23-24-22-18)19(25)20-16-6-4-5-13(2)11-16/h4-11,17H,3,12H2,1-2H3,(H2,20,21,22,23,24,25)/p-1/t17-/m1/s1. The molecule has 0 fully saturated rings. The van der Waals surface area contributed by atoms with Crippen LogP contribution in [-0.2, 0) is 17.6 Å². The molecular formula is C19H20N5O-. The van der Waals surface area contributed by atoms with Gasteiger partial charge in [0.15, 0.2) is 0 Å². The van der Waals surface area contributed by atoms with E-state index in [1.165, 1.54) is 5.56 Å². The first-order valence-electron chi connectivity index (χ1n) is 8.29. The van der Waals surface area contributed by atoms with E-state index in [0.29, 0.717) is 12.2 Å². The molecule has 0 saturated heterocycles. The lowest BCUT2D eigenvalue weighted by atomic mass is 9.96. The van der Waals surface area contributed by atoms with E-state index in [1.54, 1.807) is 0 Å². The summed E-state index contributed by atoms with van der Waals surface area (Å²) in [7, 11) is 0. The second-order valence-corrected chi connectivity index (χ2v) is 6.02. The summed E-state index contributed by atoms with van der Waals surface area (Å²) < 4.78 is 0. The molecule has 0 aliphatic rings. The van der Waals surface area contributed by atoms with Gasteiger partial charge in [0, 0.05) is 11.5 Å². The number of hydrogen-bond donors (Lipinski definition) is 1. The molecule has 2 aromatic carbocycles. The van der Waals surface area contributed by atoms with Crippen LogP contribution in [0.2, 0.25) is 0 Å². The maximum absolute atomic E-state index is 12.8. The van der Waals surface area contributed by atoms with Crippen molar-refractivity contribution in [2.45, 2.75) is 32.6 Å². The molecule has 128 valence electrons. The molecule has 1 atom stereocenters. The van der Waals surface area contributed by atoms with Crippen LogP contribution in [0.15, 0.2) is 48.5 Å². The highest BCUT2D eigenvalue weighted by molar-refractivity contribution is 5.95. The van der Waals surface area contributed by atoms with Crippen molar-refractivity contribution in [1.82, 2.24) is 20.6 Å². The summed E-state index contributed by atoms with van der Waals surface area (Å²) >= 11 is 0. The number of benzene rings is 2. The van der Waals surface area contributed by atoms with Gasteiger partial charge in [-0.05, 0) is 48.6 Å². The lowest BCUT2D eigenvalue weighted by molar-refractivity contribution is -0.117. The van der Waals surface area contributed by atoms with Gasteiger partial charge in [-0.25, -0.2) is 0 Å². The second kappa shape index (κ2) is 7.70. The third-order valence-electron chi connectivity index (χ3n) is 4.12. The van der Waals surface area contributed by atoms with Crippen LogP contribution in [0.1, 0.15) is 35.4 Å². The van der Waals surface area contributed by atoms with E-state index in [2.05, 4.69) is 45.0 Å². The minimum Gasteiger partial charge on any atom is -0.335 e. The molecule has 3 aromatic rings. The van der Waals surface area contributed by atoms with E-state index in [1.807, 2.05) is 43.3 Å². The zero-order valence-corrected chi connectivity index (χ0v) is 14.3. The fraction of sp³-hybridized carbons (Fsp3) is 0.263. The molecule has 0 unspecified atom stereocenters. The van der Waals surface area contributed by atoms with E-state index in [4.69, 9.17) is 0 Å². The molecule has 0 aliphatic carbocycles. The number of carbonyl (C=O) groups is 1. The van der Waals surface area contributed by atoms with Crippen LogP contribution in [0, 0.1) is 6.92 Å². The molecular weight excluding hydrogens is 314 g/mol. The molecule has 1 heterocycles. The van der Waals surface area contributed by atoms with E-state index < -0.39 is 5.92 Å². The van der Waals surface area contributed by atoms with Crippen LogP contribution in [0.4, 0.5) is 5.69 Å². The van der Waals surface area contributed by atoms with Crippen molar-refractivity contribution in [3.63, 3.8) is 0 Å². The van der Waals surface area contributed by atoms with Crippen LogP contribution in [0.5, 0.6) is 0 Å². The zero-order chi connectivity index (χ0) is 17.6. The molecule has 1 amide bonds. The van der Waals surface area contributed by atoms with Gasteiger partial charge in [-0.2, -0.15) is 5.21 Å². The van der Waals surface area contributed by atoms with Crippen LogP contribution in [0.25, 0.3) is 0 Å². The van der Waals surface area contributed by atoms with Gasteiger partial charge in [0.2, 0.25) is 5.91 Å². The number of hydrogen-bond acceptors (Lipinski definition) is 4. The number of aryl methyl sites for hydroxylation is 2. The summed E-state index contributed by atoms with van der Waals surface area (Å²) in [5.74, 6) is -0.368. The number of anilines is 1. The number of carbonyl (C=O) groups excluding carboxylic acids is 1. The number of rotatable bonds is 6. The van der Waals surface area contributed by atoms with Gasteiger partial charge in [0.25, 0.3) is 0 Å². The first kappa shape index (κ1) is 16.8. The Morgan fingerprint density at radius 2 is 1.92 bits per heavy atom. The molecule has 1 N–H and O–H groups in total. The number of amides is 1. The Balaban J connectivity index is 1.80. The Bertz CT molecular complexity index is 827. The smallest absolute Gasteiger partial charge is 0.232 e. The van der Waals surface area contributed by atoms with Gasteiger partial charge < -0.3 is 10.4 Å². The Hall–Kier alpha value is -3.02. The molecule has 1 aromatic heterocycles. The summed E-state index contributed by atoms with van der Waals surface area (Å²) in [6.45, 7) is 4.10. The fourth-order valence-electron chi connectivity index (χ4n) is 2.69. The lowest BCUT2D eigenvalue weighted by Crippen LogP contribution is -2.24. The molecule has 3 rings (SSSR count). The molecule has 25 heavy (non-hydrogen) atoms. The summed E-state index contributed by atoms with van der Waals surface area (Å²) in [5.41, 5.74) is 4.14. The average Bonchev–Trinajstić information content (AvgIpc) is 3.14. The topological polar surface area (TPSA) is 81.9 Å². The predicted molar refractivity (Wildman–Crippen MR) is 95.2 cm³/mol. The van der Waals surface area contributed by atoms with E-state index in [-0.39, 0.29) is 5.91 Å². The highest BCUT2D eigenvalue weighted by Gasteiger charge is 2.21. The lowest BCUT2D eigenvalue weighted by Gasteiger charge is -2.17. The van der Waals surface area contributed by atoms with Crippen LogP contribution in [-0.4, -0.2) is 21.4 Å². The maximum Gasteiger partial charge on any atom is 0.232 e. The SMILES string of the molecule is CCc1ccc(C[C@@H](C(=O)Nc2cccc(C)c2)c2nnn[n-]2)cc1. The maximum atomic E-state index is 12.8. The highest BCUT2D eigenvalue weighted by atomic mass is 16.1. The van der Waals surface area contributed by atoms with Gasteiger partial charge in [-0.3, -0.25) is 15.1 Å². The van der Waals surface area contributed by atoms with Gasteiger partial charge in [0.05, 0.1) is 5.92 Å².